The fraction of sp³-hybridized carbons (Fsp3) is 0.0909. The Hall–Kier alpha value is -1.57. The Morgan fingerprint density at radius 2 is 1.85 bits per heavy atom. The van der Waals surface area contributed by atoms with Crippen LogP contribution in [0.25, 0.3) is 0 Å². The van der Waals surface area contributed by atoms with Gasteiger partial charge in [-0.3, -0.25) is 0 Å². The largest absolute Gasteiger partial charge is 0.362 e. The minimum atomic E-state index is -0.163. The first-order valence-corrected chi connectivity index (χ1v) is 4.22. The zero-order valence-electron chi connectivity index (χ0n) is 7.13. The summed E-state index contributed by atoms with van der Waals surface area (Å²) >= 11 is 0. The first-order valence-electron chi connectivity index (χ1n) is 4.22. The summed E-state index contributed by atoms with van der Waals surface area (Å²) in [6, 6.07) is 11.3. The third-order valence-corrected chi connectivity index (χ3v) is 2.00. The lowest BCUT2D eigenvalue weighted by Crippen LogP contribution is -1.90. The molecule has 0 aliphatic heterocycles. The summed E-state index contributed by atoms with van der Waals surface area (Å²) in [5, 5.41) is 0. The van der Waals surface area contributed by atoms with E-state index in [-0.39, 0.29) is 5.82 Å². The molecule has 0 aliphatic carbocycles. The van der Waals surface area contributed by atoms with Gasteiger partial charge in [0.1, 0.15) is 5.82 Å². The van der Waals surface area contributed by atoms with Crippen molar-refractivity contribution < 1.29 is 4.39 Å². The smallest absolute Gasteiger partial charge is 0.144 e. The molecule has 1 nitrogen and oxygen atoms in total. The Balaban J connectivity index is 2.20. The quantitative estimate of drug-likeness (QED) is 0.722. The Bertz CT molecular complexity index is 378. The lowest BCUT2D eigenvalue weighted by molar-refractivity contribution is 0.614. The van der Waals surface area contributed by atoms with Crippen LogP contribution in [0, 0.1) is 5.82 Å². The molecule has 0 fully saturated rings. The fourth-order valence-electron chi connectivity index (χ4n) is 1.32. The first-order chi connectivity index (χ1) is 6.36. The number of halogens is 1. The molecule has 0 radical (unpaired) electrons. The van der Waals surface area contributed by atoms with Crippen molar-refractivity contribution >= 4 is 0 Å². The van der Waals surface area contributed by atoms with Crippen molar-refractivity contribution in [1.29, 1.82) is 0 Å². The van der Waals surface area contributed by atoms with Crippen LogP contribution in [-0.4, -0.2) is 4.98 Å². The number of nitrogens with one attached hydrogen (secondary N) is 1. The van der Waals surface area contributed by atoms with Crippen LogP contribution >= 0.6 is 0 Å². The standard InChI is InChI=1S/C11H10FN/c12-10-6-7-13-11(10)8-9-4-2-1-3-5-9/h1-7,13H,8H2. The highest BCUT2D eigenvalue weighted by atomic mass is 19.1. The minimum Gasteiger partial charge on any atom is -0.362 e. The lowest BCUT2D eigenvalue weighted by atomic mass is 10.1. The maximum Gasteiger partial charge on any atom is 0.144 e. The monoisotopic (exact) mass is 175 g/mol. The van der Waals surface area contributed by atoms with Gasteiger partial charge in [-0.05, 0) is 11.6 Å². The van der Waals surface area contributed by atoms with E-state index in [1.807, 2.05) is 30.3 Å². The van der Waals surface area contributed by atoms with Gasteiger partial charge in [0, 0.05) is 12.6 Å². The normalized spacial score (nSPS) is 10.2. The molecule has 0 amide bonds. The predicted molar refractivity (Wildman–Crippen MR) is 50.0 cm³/mol. The highest BCUT2D eigenvalue weighted by Gasteiger charge is 2.02. The summed E-state index contributed by atoms with van der Waals surface area (Å²) in [5.74, 6) is -0.163. The topological polar surface area (TPSA) is 15.8 Å². The van der Waals surface area contributed by atoms with Gasteiger partial charge in [-0.2, -0.15) is 0 Å². The molecular weight excluding hydrogens is 165 g/mol. The minimum absolute atomic E-state index is 0.163. The second kappa shape index (κ2) is 3.44. The van der Waals surface area contributed by atoms with E-state index in [0.717, 1.165) is 5.56 Å². The Morgan fingerprint density at radius 3 is 2.46 bits per heavy atom. The number of hydrogen-bond acceptors (Lipinski definition) is 0. The van der Waals surface area contributed by atoms with E-state index < -0.39 is 0 Å². The SMILES string of the molecule is Fc1cc[nH]c1Cc1ccccc1. The van der Waals surface area contributed by atoms with Crippen LogP contribution in [0.4, 0.5) is 4.39 Å². The predicted octanol–water partition coefficient (Wildman–Crippen LogP) is 2.74. The van der Waals surface area contributed by atoms with Gasteiger partial charge in [-0.1, -0.05) is 30.3 Å². The van der Waals surface area contributed by atoms with Crippen molar-refractivity contribution in [3.05, 3.63) is 59.7 Å². The summed E-state index contributed by atoms with van der Waals surface area (Å²) < 4.78 is 13.0. The van der Waals surface area contributed by atoms with Crippen LogP contribution in [0.1, 0.15) is 11.3 Å². The molecule has 0 bridgehead atoms. The molecule has 66 valence electrons. The lowest BCUT2D eigenvalue weighted by Gasteiger charge is -1.98. The zero-order chi connectivity index (χ0) is 9.10. The molecule has 0 atom stereocenters. The maximum atomic E-state index is 13.0. The van der Waals surface area contributed by atoms with Crippen LogP contribution in [0.15, 0.2) is 42.6 Å². The van der Waals surface area contributed by atoms with Crippen LogP contribution in [-0.2, 0) is 6.42 Å². The third-order valence-electron chi connectivity index (χ3n) is 2.00. The second-order valence-electron chi connectivity index (χ2n) is 2.97. The second-order valence-corrected chi connectivity index (χ2v) is 2.97. The Kier molecular flexibility index (Phi) is 2.13. The summed E-state index contributed by atoms with van der Waals surface area (Å²) in [4.78, 5) is 2.88. The van der Waals surface area contributed by atoms with Gasteiger partial charge >= 0.3 is 0 Å². The van der Waals surface area contributed by atoms with Gasteiger partial charge in [0.25, 0.3) is 0 Å². The molecule has 1 N–H and O–H groups in total. The summed E-state index contributed by atoms with van der Waals surface area (Å²) in [6.07, 6.45) is 2.24. The van der Waals surface area contributed by atoms with E-state index in [1.54, 1.807) is 6.20 Å². The van der Waals surface area contributed by atoms with Gasteiger partial charge in [0.15, 0.2) is 0 Å². The van der Waals surface area contributed by atoms with Gasteiger partial charge in [-0.25, -0.2) is 4.39 Å². The van der Waals surface area contributed by atoms with Crippen molar-refractivity contribution in [3.8, 4) is 0 Å². The molecular formula is C11H10FN. The highest BCUT2D eigenvalue weighted by molar-refractivity contribution is 5.22. The van der Waals surface area contributed by atoms with E-state index in [0.29, 0.717) is 12.1 Å². The van der Waals surface area contributed by atoms with E-state index in [4.69, 9.17) is 0 Å². The molecule has 1 aromatic heterocycles. The summed E-state index contributed by atoms with van der Waals surface area (Å²) in [6.45, 7) is 0. The molecule has 0 unspecified atom stereocenters. The summed E-state index contributed by atoms with van der Waals surface area (Å²) in [7, 11) is 0. The molecule has 0 aliphatic rings. The van der Waals surface area contributed by atoms with Crippen molar-refractivity contribution in [1.82, 2.24) is 4.98 Å². The number of H-pyrrole nitrogens is 1. The molecule has 2 rings (SSSR count). The van der Waals surface area contributed by atoms with Gasteiger partial charge in [0.05, 0.1) is 5.69 Å². The Morgan fingerprint density at radius 1 is 1.08 bits per heavy atom. The molecule has 1 aromatic carbocycles. The van der Waals surface area contributed by atoms with Crippen molar-refractivity contribution in [2.75, 3.05) is 0 Å². The molecule has 1 heterocycles. The molecule has 2 heteroatoms. The van der Waals surface area contributed by atoms with E-state index >= 15 is 0 Å². The Labute approximate surface area is 76.2 Å². The maximum absolute atomic E-state index is 13.0. The average molecular weight is 175 g/mol. The fourth-order valence-corrected chi connectivity index (χ4v) is 1.32. The molecule has 0 spiro atoms. The van der Waals surface area contributed by atoms with E-state index in [2.05, 4.69) is 4.98 Å². The van der Waals surface area contributed by atoms with Crippen molar-refractivity contribution in [2.24, 2.45) is 0 Å². The first kappa shape index (κ1) is 8.05. The number of hydrogen-bond donors (Lipinski definition) is 1. The molecule has 0 saturated carbocycles. The van der Waals surface area contributed by atoms with Crippen molar-refractivity contribution in [2.45, 2.75) is 6.42 Å². The van der Waals surface area contributed by atoms with Gasteiger partial charge < -0.3 is 4.98 Å². The van der Waals surface area contributed by atoms with Crippen LogP contribution in [0.3, 0.4) is 0 Å². The number of aromatic nitrogens is 1. The zero-order valence-corrected chi connectivity index (χ0v) is 7.13. The highest BCUT2D eigenvalue weighted by Crippen LogP contribution is 2.10. The molecule has 13 heavy (non-hydrogen) atoms. The molecule has 2 aromatic rings. The number of benzene rings is 1. The van der Waals surface area contributed by atoms with Crippen LogP contribution < -0.4 is 0 Å². The van der Waals surface area contributed by atoms with E-state index in [1.165, 1.54) is 6.07 Å². The van der Waals surface area contributed by atoms with Crippen LogP contribution in [0.2, 0.25) is 0 Å². The van der Waals surface area contributed by atoms with Crippen LogP contribution in [0.5, 0.6) is 0 Å². The van der Waals surface area contributed by atoms with Crippen molar-refractivity contribution in [3.63, 3.8) is 0 Å². The third kappa shape index (κ3) is 1.78. The van der Waals surface area contributed by atoms with Gasteiger partial charge in [0.2, 0.25) is 0 Å². The summed E-state index contributed by atoms with van der Waals surface area (Å²) in [5.41, 5.74) is 1.76. The van der Waals surface area contributed by atoms with E-state index in [9.17, 15) is 4.39 Å². The number of rotatable bonds is 2. The van der Waals surface area contributed by atoms with Gasteiger partial charge in [-0.15, -0.1) is 0 Å². The number of aromatic amines is 1. The average Bonchev–Trinajstić information content (AvgIpc) is 2.54. The molecule has 0 saturated heterocycles.